The van der Waals surface area contributed by atoms with Gasteiger partial charge in [0.05, 0.1) is 0 Å². The van der Waals surface area contributed by atoms with Gasteiger partial charge in [0, 0.05) is 54.8 Å². The molecule has 1 radical (unpaired) electrons. The molecule has 1 aromatic rings. The molecule has 3 unspecified atom stereocenters. The predicted molar refractivity (Wildman–Crippen MR) is 77.7 cm³/mol. The van der Waals surface area contributed by atoms with E-state index in [1.807, 2.05) is 0 Å². The van der Waals surface area contributed by atoms with E-state index in [1.54, 1.807) is 6.92 Å². The van der Waals surface area contributed by atoms with Crippen LogP contribution in [0.3, 0.4) is 0 Å². The molecule has 2 N–H and O–H groups in total. The van der Waals surface area contributed by atoms with Crippen LogP contribution in [-0.2, 0) is 18.6 Å². The van der Waals surface area contributed by atoms with Crippen LogP contribution in [-0.4, -0.2) is 63.7 Å². The van der Waals surface area contributed by atoms with E-state index < -0.39 is 37.7 Å². The van der Waals surface area contributed by atoms with Crippen molar-refractivity contribution in [1.29, 1.82) is 0 Å². The minimum Gasteiger partial charge on any atom is -0.340 e. The number of hydrogen-bond donors (Lipinski definition) is 2. The Morgan fingerprint density at radius 2 is 2.18 bits per heavy atom. The van der Waals surface area contributed by atoms with Gasteiger partial charge in [-0.3, -0.25) is 18.9 Å². The van der Waals surface area contributed by atoms with Gasteiger partial charge in [0.1, 0.15) is 6.23 Å². The SMILES string of the molecule is COP(=O)(O)COC1CCC(n2cc(C)c(=O)[nH]c2=O)O1.[Na]. The molecule has 1 fully saturated rings. The number of ether oxygens (including phenoxy) is 2. The average molecular weight is 343 g/mol. The summed E-state index contributed by atoms with van der Waals surface area (Å²) in [5.74, 6) is 0. The van der Waals surface area contributed by atoms with Gasteiger partial charge in [-0.1, -0.05) is 0 Å². The summed E-state index contributed by atoms with van der Waals surface area (Å²) in [7, 11) is -2.64. The third-order valence-electron chi connectivity index (χ3n) is 3.12. The van der Waals surface area contributed by atoms with Crippen molar-refractivity contribution in [1.82, 2.24) is 9.55 Å². The van der Waals surface area contributed by atoms with E-state index >= 15 is 0 Å². The molecule has 1 aromatic heterocycles. The summed E-state index contributed by atoms with van der Waals surface area (Å²) in [5.41, 5.74) is -0.619. The molecule has 1 aliphatic heterocycles. The first-order valence-corrected chi connectivity index (χ1v) is 8.05. The Labute approximate surface area is 148 Å². The van der Waals surface area contributed by atoms with Crippen LogP contribution in [0.2, 0.25) is 0 Å². The zero-order valence-corrected chi connectivity index (χ0v) is 15.5. The first-order chi connectivity index (χ1) is 9.82. The number of aromatic amines is 1. The molecule has 22 heavy (non-hydrogen) atoms. The summed E-state index contributed by atoms with van der Waals surface area (Å²) >= 11 is 0. The number of rotatable bonds is 5. The van der Waals surface area contributed by atoms with Crippen molar-refractivity contribution in [3.05, 3.63) is 32.6 Å². The van der Waals surface area contributed by atoms with Gasteiger partial charge in [-0.05, 0) is 13.3 Å². The summed E-state index contributed by atoms with van der Waals surface area (Å²) in [6.45, 7) is 1.58. The third kappa shape index (κ3) is 4.87. The van der Waals surface area contributed by atoms with Crippen molar-refractivity contribution < 1.29 is 23.5 Å². The second kappa shape index (κ2) is 8.03. The summed E-state index contributed by atoms with van der Waals surface area (Å²) in [5, 5.41) is 0. The maximum absolute atomic E-state index is 11.7. The van der Waals surface area contributed by atoms with Crippen LogP contribution in [0.5, 0.6) is 0 Å². The van der Waals surface area contributed by atoms with Crippen molar-refractivity contribution in [2.75, 3.05) is 13.5 Å². The van der Waals surface area contributed by atoms with Gasteiger partial charge in [0.15, 0.2) is 12.6 Å². The summed E-state index contributed by atoms with van der Waals surface area (Å²) in [6.07, 6.45) is 0.585. The minimum atomic E-state index is -3.76. The van der Waals surface area contributed by atoms with Crippen LogP contribution >= 0.6 is 7.60 Å². The Morgan fingerprint density at radius 3 is 2.82 bits per heavy atom. The number of hydrogen-bond acceptors (Lipinski definition) is 6. The predicted octanol–water partition coefficient (Wildman–Crippen LogP) is -0.0948. The van der Waals surface area contributed by atoms with Crippen LogP contribution in [0.4, 0.5) is 0 Å². The maximum Gasteiger partial charge on any atom is 0.353 e. The third-order valence-corrected chi connectivity index (χ3v) is 4.17. The fourth-order valence-corrected chi connectivity index (χ4v) is 2.41. The topological polar surface area (TPSA) is 120 Å². The Kier molecular flexibility index (Phi) is 7.22. The van der Waals surface area contributed by atoms with Crippen LogP contribution in [0.25, 0.3) is 0 Å². The molecular formula is C11H17N2NaO7P. The second-order valence-corrected chi connectivity index (χ2v) is 6.59. The summed E-state index contributed by atoms with van der Waals surface area (Å²) < 4.78 is 27.6. The number of nitrogens with one attached hydrogen (secondary N) is 1. The average Bonchev–Trinajstić information content (AvgIpc) is 2.89. The largest absolute Gasteiger partial charge is 0.353 e. The molecular weight excluding hydrogens is 326 g/mol. The van der Waals surface area contributed by atoms with E-state index in [9.17, 15) is 19.0 Å². The van der Waals surface area contributed by atoms with Gasteiger partial charge in [-0.2, -0.15) is 0 Å². The van der Waals surface area contributed by atoms with Gasteiger partial charge in [-0.15, -0.1) is 0 Å². The van der Waals surface area contributed by atoms with E-state index in [-0.39, 0.29) is 29.6 Å². The Bertz CT molecular complexity index is 673. The summed E-state index contributed by atoms with van der Waals surface area (Å²) in [4.78, 5) is 34.5. The first kappa shape index (κ1) is 19.8. The first-order valence-electron chi connectivity index (χ1n) is 6.29. The molecule has 11 heteroatoms. The zero-order valence-electron chi connectivity index (χ0n) is 12.6. The van der Waals surface area contributed by atoms with Crippen molar-refractivity contribution >= 4 is 37.2 Å². The Morgan fingerprint density at radius 1 is 1.50 bits per heavy atom. The quantitative estimate of drug-likeness (QED) is 0.566. The standard InChI is InChI=1S/C11H17N2O7P.Na/c1-7-5-13(11(15)12-10(7)14)8-3-4-9(20-8)19-6-21(16,17)18-2;/h5,8-9H,3-4,6H2,1-2H3,(H,16,17)(H,12,14,15);. The normalized spacial score (nSPS) is 23.8. The number of aryl methyl sites for hydroxylation is 1. The van der Waals surface area contributed by atoms with Gasteiger partial charge < -0.3 is 18.9 Å². The van der Waals surface area contributed by atoms with Crippen molar-refractivity contribution in [2.45, 2.75) is 32.3 Å². The molecule has 0 aliphatic carbocycles. The van der Waals surface area contributed by atoms with Crippen molar-refractivity contribution in [3.8, 4) is 0 Å². The zero-order chi connectivity index (χ0) is 15.6. The molecule has 2 rings (SSSR count). The van der Waals surface area contributed by atoms with Gasteiger partial charge in [-0.25, -0.2) is 4.79 Å². The smallest absolute Gasteiger partial charge is 0.340 e. The molecule has 0 saturated carbocycles. The second-order valence-electron chi connectivity index (χ2n) is 4.69. The van der Waals surface area contributed by atoms with Crippen LogP contribution in [0.15, 0.2) is 15.8 Å². The van der Waals surface area contributed by atoms with Gasteiger partial charge in [0.25, 0.3) is 5.56 Å². The molecule has 0 amide bonds. The minimum absolute atomic E-state index is 0. The molecule has 0 spiro atoms. The number of H-pyrrole nitrogens is 1. The molecule has 0 aromatic carbocycles. The molecule has 3 atom stereocenters. The number of nitrogens with zero attached hydrogens (tertiary/aromatic N) is 1. The fraction of sp³-hybridized carbons (Fsp3) is 0.636. The van der Waals surface area contributed by atoms with Gasteiger partial charge in [0.2, 0.25) is 0 Å². The Hall–Kier alpha value is -0.250. The van der Waals surface area contributed by atoms with Crippen molar-refractivity contribution in [3.63, 3.8) is 0 Å². The van der Waals surface area contributed by atoms with E-state index in [2.05, 4.69) is 9.51 Å². The van der Waals surface area contributed by atoms with Crippen molar-refractivity contribution in [2.24, 2.45) is 0 Å². The monoisotopic (exact) mass is 343 g/mol. The Balaban J connectivity index is 0.00000242. The number of aromatic nitrogens is 2. The molecule has 0 bridgehead atoms. The van der Waals surface area contributed by atoms with Crippen LogP contribution in [0.1, 0.15) is 24.6 Å². The van der Waals surface area contributed by atoms with E-state index in [1.165, 1.54) is 10.8 Å². The molecule has 119 valence electrons. The van der Waals surface area contributed by atoms with Gasteiger partial charge >= 0.3 is 13.3 Å². The molecule has 2 heterocycles. The van der Waals surface area contributed by atoms with Crippen LogP contribution < -0.4 is 11.2 Å². The molecule has 1 aliphatic rings. The fourth-order valence-electron chi connectivity index (χ4n) is 1.95. The molecule has 9 nitrogen and oxygen atoms in total. The maximum atomic E-state index is 11.7. The van der Waals surface area contributed by atoms with E-state index in [0.717, 1.165) is 7.11 Å². The summed E-state index contributed by atoms with van der Waals surface area (Å²) in [6, 6.07) is 0. The van der Waals surface area contributed by atoms with E-state index in [0.29, 0.717) is 18.4 Å². The van der Waals surface area contributed by atoms with Crippen LogP contribution in [0, 0.1) is 6.92 Å². The van der Waals surface area contributed by atoms with E-state index in [4.69, 9.17) is 9.47 Å². The molecule has 1 saturated heterocycles.